The van der Waals surface area contributed by atoms with Crippen LogP contribution in [0.25, 0.3) is 0 Å². The largest absolute Gasteiger partial charge is 0.352 e. The summed E-state index contributed by atoms with van der Waals surface area (Å²) in [5.41, 5.74) is 1.33. The molecule has 126 valence electrons. The van der Waals surface area contributed by atoms with E-state index in [1.165, 1.54) is 12.5 Å². The monoisotopic (exact) mass is 316 g/mol. The number of piperidine rings is 1. The molecule has 0 unspecified atom stereocenters. The Morgan fingerprint density at radius 1 is 1.30 bits per heavy atom. The molecule has 23 heavy (non-hydrogen) atoms. The highest BCUT2D eigenvalue weighted by molar-refractivity contribution is 5.79. The van der Waals surface area contributed by atoms with Gasteiger partial charge < -0.3 is 10.2 Å². The Labute approximate surface area is 139 Å². The lowest BCUT2D eigenvalue weighted by Crippen LogP contribution is -2.50. The first-order valence-corrected chi connectivity index (χ1v) is 8.66. The number of amides is 2. The molecule has 0 aromatic heterocycles. The number of nitrogens with one attached hydrogen (secondary N) is 1. The molecule has 2 amide bonds. The van der Waals surface area contributed by atoms with Gasteiger partial charge in [0, 0.05) is 32.0 Å². The maximum Gasteiger partial charge on any atom is 0.225 e. The van der Waals surface area contributed by atoms with Crippen LogP contribution in [0.3, 0.4) is 0 Å². The minimum atomic E-state index is -0.0137. The predicted molar refractivity (Wildman–Crippen MR) is 92.0 cm³/mol. The standard InChI is InChI=1S/C19H28N2O2/c1-15(8-6-11-17-9-4-3-5-10-17)19(23)21-13-7-12-18(14-21)20-16(2)22/h3-5,9-10,15,18H,6-8,11-14H2,1-2H3,(H,20,22)/t15-,18+/m1/s1. The van der Waals surface area contributed by atoms with Crippen LogP contribution in [0.2, 0.25) is 0 Å². The number of aryl methyl sites for hydroxylation is 1. The molecule has 1 aromatic carbocycles. The molecule has 0 aliphatic carbocycles. The first-order valence-electron chi connectivity index (χ1n) is 8.66. The number of hydrogen-bond donors (Lipinski definition) is 1. The Hall–Kier alpha value is -1.84. The van der Waals surface area contributed by atoms with Gasteiger partial charge in [0.15, 0.2) is 0 Å². The van der Waals surface area contributed by atoms with Crippen molar-refractivity contribution in [3.8, 4) is 0 Å². The van der Waals surface area contributed by atoms with E-state index in [9.17, 15) is 9.59 Å². The summed E-state index contributed by atoms with van der Waals surface area (Å²) in [6.07, 6.45) is 4.89. The van der Waals surface area contributed by atoms with Gasteiger partial charge in [0.25, 0.3) is 0 Å². The Morgan fingerprint density at radius 3 is 2.74 bits per heavy atom. The van der Waals surface area contributed by atoms with Crippen molar-refractivity contribution >= 4 is 11.8 Å². The zero-order valence-corrected chi connectivity index (χ0v) is 14.3. The van der Waals surface area contributed by atoms with E-state index in [1.807, 2.05) is 17.9 Å². The van der Waals surface area contributed by atoms with E-state index in [-0.39, 0.29) is 23.8 Å². The molecule has 0 radical (unpaired) electrons. The van der Waals surface area contributed by atoms with Crippen molar-refractivity contribution in [1.29, 1.82) is 0 Å². The molecule has 1 heterocycles. The third kappa shape index (κ3) is 5.70. The third-order valence-electron chi connectivity index (χ3n) is 4.51. The lowest BCUT2D eigenvalue weighted by atomic mass is 9.98. The van der Waals surface area contributed by atoms with E-state index in [4.69, 9.17) is 0 Å². The van der Waals surface area contributed by atoms with E-state index in [0.717, 1.165) is 38.6 Å². The SMILES string of the molecule is CC(=O)N[C@H]1CCCN(C(=O)[C@H](C)CCCc2ccccc2)C1. The number of nitrogens with zero attached hydrogens (tertiary/aromatic N) is 1. The normalized spacial score (nSPS) is 19.2. The van der Waals surface area contributed by atoms with Crippen LogP contribution in [0.5, 0.6) is 0 Å². The van der Waals surface area contributed by atoms with E-state index in [2.05, 4.69) is 29.6 Å². The Bertz CT molecular complexity index is 515. The van der Waals surface area contributed by atoms with Crippen molar-refractivity contribution < 1.29 is 9.59 Å². The van der Waals surface area contributed by atoms with Crippen LogP contribution in [-0.4, -0.2) is 35.8 Å². The van der Waals surface area contributed by atoms with Crippen molar-refractivity contribution in [3.63, 3.8) is 0 Å². The second-order valence-corrected chi connectivity index (χ2v) is 6.60. The third-order valence-corrected chi connectivity index (χ3v) is 4.51. The first kappa shape index (κ1) is 17.5. The molecule has 1 aliphatic rings. The van der Waals surface area contributed by atoms with Gasteiger partial charge in [-0.1, -0.05) is 37.3 Å². The van der Waals surface area contributed by atoms with Crippen LogP contribution < -0.4 is 5.32 Å². The van der Waals surface area contributed by atoms with Crippen LogP contribution in [0.1, 0.15) is 45.1 Å². The molecule has 1 N–H and O–H groups in total. The summed E-state index contributed by atoms with van der Waals surface area (Å²) in [5.74, 6) is 0.267. The highest BCUT2D eigenvalue weighted by Gasteiger charge is 2.26. The number of likely N-dealkylation sites (tertiary alicyclic amines) is 1. The van der Waals surface area contributed by atoms with Crippen LogP contribution in [0.15, 0.2) is 30.3 Å². The number of rotatable bonds is 6. The average molecular weight is 316 g/mol. The van der Waals surface area contributed by atoms with Crippen LogP contribution in [0.4, 0.5) is 0 Å². The fraction of sp³-hybridized carbons (Fsp3) is 0.579. The van der Waals surface area contributed by atoms with Crippen LogP contribution in [0, 0.1) is 5.92 Å². The summed E-state index contributed by atoms with van der Waals surface area (Å²) in [6.45, 7) is 5.03. The molecule has 1 aliphatic heterocycles. The zero-order valence-electron chi connectivity index (χ0n) is 14.3. The highest BCUT2D eigenvalue weighted by atomic mass is 16.2. The van der Waals surface area contributed by atoms with E-state index >= 15 is 0 Å². The molecular weight excluding hydrogens is 288 g/mol. The second kappa shape index (κ2) is 8.70. The molecule has 1 fully saturated rings. The fourth-order valence-electron chi connectivity index (χ4n) is 3.27. The Morgan fingerprint density at radius 2 is 2.04 bits per heavy atom. The number of carbonyl (C=O) groups is 2. The maximum absolute atomic E-state index is 12.6. The van der Waals surface area contributed by atoms with Gasteiger partial charge in [0.2, 0.25) is 11.8 Å². The van der Waals surface area contributed by atoms with Gasteiger partial charge in [-0.15, -0.1) is 0 Å². The van der Waals surface area contributed by atoms with Crippen LogP contribution >= 0.6 is 0 Å². The van der Waals surface area contributed by atoms with Crippen LogP contribution in [-0.2, 0) is 16.0 Å². The Kier molecular flexibility index (Phi) is 6.63. The minimum absolute atomic E-state index is 0.0137. The maximum atomic E-state index is 12.6. The molecule has 4 heteroatoms. The lowest BCUT2D eigenvalue weighted by Gasteiger charge is -2.34. The fourth-order valence-corrected chi connectivity index (χ4v) is 3.27. The predicted octanol–water partition coefficient (Wildman–Crippen LogP) is 2.77. The first-order chi connectivity index (χ1) is 11.1. The number of hydrogen-bond acceptors (Lipinski definition) is 2. The molecule has 2 atom stereocenters. The molecule has 4 nitrogen and oxygen atoms in total. The quantitative estimate of drug-likeness (QED) is 0.877. The number of benzene rings is 1. The van der Waals surface area contributed by atoms with Crippen molar-refractivity contribution in [3.05, 3.63) is 35.9 Å². The summed E-state index contributed by atoms with van der Waals surface area (Å²) in [4.78, 5) is 25.7. The van der Waals surface area contributed by atoms with Crippen molar-refractivity contribution in [2.45, 2.75) is 52.0 Å². The van der Waals surface area contributed by atoms with Gasteiger partial charge in [0.05, 0.1) is 0 Å². The van der Waals surface area contributed by atoms with Gasteiger partial charge in [-0.3, -0.25) is 9.59 Å². The molecule has 0 saturated carbocycles. The highest BCUT2D eigenvalue weighted by Crippen LogP contribution is 2.17. The van der Waals surface area contributed by atoms with Gasteiger partial charge in [-0.2, -0.15) is 0 Å². The summed E-state index contributed by atoms with van der Waals surface area (Å²) >= 11 is 0. The van der Waals surface area contributed by atoms with Crippen molar-refractivity contribution in [2.75, 3.05) is 13.1 Å². The van der Waals surface area contributed by atoms with E-state index < -0.39 is 0 Å². The smallest absolute Gasteiger partial charge is 0.225 e. The summed E-state index contributed by atoms with van der Waals surface area (Å²) in [6, 6.07) is 10.5. The van der Waals surface area contributed by atoms with Crippen molar-refractivity contribution in [1.82, 2.24) is 10.2 Å². The summed E-state index contributed by atoms with van der Waals surface area (Å²) in [7, 11) is 0. The van der Waals surface area contributed by atoms with E-state index in [0.29, 0.717) is 6.54 Å². The minimum Gasteiger partial charge on any atom is -0.352 e. The van der Waals surface area contributed by atoms with E-state index in [1.54, 1.807) is 0 Å². The molecule has 0 spiro atoms. The summed E-state index contributed by atoms with van der Waals surface area (Å²) < 4.78 is 0. The molecule has 0 bridgehead atoms. The topological polar surface area (TPSA) is 49.4 Å². The van der Waals surface area contributed by atoms with Gasteiger partial charge in [-0.25, -0.2) is 0 Å². The number of carbonyl (C=O) groups excluding carboxylic acids is 2. The van der Waals surface area contributed by atoms with Gasteiger partial charge in [-0.05, 0) is 37.7 Å². The zero-order chi connectivity index (χ0) is 16.7. The van der Waals surface area contributed by atoms with Gasteiger partial charge >= 0.3 is 0 Å². The average Bonchev–Trinajstić information content (AvgIpc) is 2.54. The molecule has 2 rings (SSSR count). The molecule has 1 aromatic rings. The molecule has 1 saturated heterocycles. The molecular formula is C19H28N2O2. The second-order valence-electron chi connectivity index (χ2n) is 6.60. The van der Waals surface area contributed by atoms with Gasteiger partial charge in [0.1, 0.15) is 0 Å². The lowest BCUT2D eigenvalue weighted by molar-refractivity contribution is -0.137. The van der Waals surface area contributed by atoms with Crippen molar-refractivity contribution in [2.24, 2.45) is 5.92 Å². The summed E-state index contributed by atoms with van der Waals surface area (Å²) in [5, 5.41) is 2.94. The Balaban J connectivity index is 1.76.